The molecule has 5 nitrogen and oxygen atoms in total. The lowest BCUT2D eigenvalue weighted by atomic mass is 10.1. The summed E-state index contributed by atoms with van der Waals surface area (Å²) in [6, 6.07) is 13.9. The number of hydrogen-bond donors (Lipinski definition) is 1. The second kappa shape index (κ2) is 8.59. The summed E-state index contributed by atoms with van der Waals surface area (Å²) in [6.45, 7) is 0. The standard InChI is InChI=1S/C20H12Cl2N2O3S2/c21-12-5-6-15(14(22)8-12)23-18(25)10-29-20-24-16(9-28-20)13-7-11-3-1-2-4-17(11)27-19(13)26/h1-9H,10H2,(H,23,25). The lowest BCUT2D eigenvalue weighted by molar-refractivity contribution is -0.113. The van der Waals surface area contributed by atoms with Gasteiger partial charge in [0.05, 0.1) is 27.7 Å². The zero-order valence-corrected chi connectivity index (χ0v) is 17.8. The topological polar surface area (TPSA) is 72.2 Å². The van der Waals surface area contributed by atoms with Crippen molar-refractivity contribution < 1.29 is 9.21 Å². The Hall–Kier alpha value is -2.32. The summed E-state index contributed by atoms with van der Waals surface area (Å²) < 4.78 is 6.03. The van der Waals surface area contributed by atoms with E-state index in [4.69, 9.17) is 27.6 Å². The third-order valence-electron chi connectivity index (χ3n) is 3.93. The predicted octanol–water partition coefficient (Wildman–Crippen LogP) is 5.95. The van der Waals surface area contributed by atoms with E-state index in [1.165, 1.54) is 23.1 Å². The van der Waals surface area contributed by atoms with Crippen molar-refractivity contribution >= 4 is 68.9 Å². The molecule has 1 N–H and O–H groups in total. The fraction of sp³-hybridized carbons (Fsp3) is 0.0500. The first-order valence-electron chi connectivity index (χ1n) is 8.36. The van der Waals surface area contributed by atoms with E-state index in [0.717, 1.165) is 5.39 Å². The first-order valence-corrected chi connectivity index (χ1v) is 11.0. The smallest absolute Gasteiger partial charge is 0.345 e. The molecule has 0 aliphatic carbocycles. The van der Waals surface area contributed by atoms with Crippen molar-refractivity contribution in [2.45, 2.75) is 4.34 Å². The quantitative estimate of drug-likeness (QED) is 0.292. The van der Waals surface area contributed by atoms with Crippen LogP contribution in [-0.4, -0.2) is 16.6 Å². The van der Waals surface area contributed by atoms with Crippen LogP contribution < -0.4 is 10.9 Å². The molecule has 0 unspecified atom stereocenters. The molecule has 0 aliphatic rings. The largest absolute Gasteiger partial charge is 0.422 e. The van der Waals surface area contributed by atoms with Gasteiger partial charge in [-0.2, -0.15) is 0 Å². The van der Waals surface area contributed by atoms with Crippen LogP contribution in [0.3, 0.4) is 0 Å². The fourth-order valence-electron chi connectivity index (χ4n) is 2.59. The third kappa shape index (κ3) is 4.64. The number of amides is 1. The Kier molecular flexibility index (Phi) is 5.91. The number of anilines is 1. The summed E-state index contributed by atoms with van der Waals surface area (Å²) in [5.41, 5.74) is 1.50. The number of hydrogen-bond acceptors (Lipinski definition) is 6. The Morgan fingerprint density at radius 2 is 2.00 bits per heavy atom. The zero-order valence-electron chi connectivity index (χ0n) is 14.6. The normalized spacial score (nSPS) is 11.0. The van der Waals surface area contributed by atoms with E-state index in [2.05, 4.69) is 10.3 Å². The number of carbonyl (C=O) groups excluding carboxylic acids is 1. The highest BCUT2D eigenvalue weighted by molar-refractivity contribution is 8.01. The Morgan fingerprint density at radius 1 is 1.17 bits per heavy atom. The lowest BCUT2D eigenvalue weighted by Gasteiger charge is -2.06. The van der Waals surface area contributed by atoms with Crippen LogP contribution >= 0.6 is 46.3 Å². The van der Waals surface area contributed by atoms with Gasteiger partial charge < -0.3 is 9.73 Å². The maximum atomic E-state index is 12.3. The highest BCUT2D eigenvalue weighted by Gasteiger charge is 2.13. The van der Waals surface area contributed by atoms with Gasteiger partial charge in [0.25, 0.3) is 0 Å². The Labute approximate surface area is 183 Å². The molecule has 0 saturated heterocycles. The van der Waals surface area contributed by atoms with E-state index >= 15 is 0 Å². The molecular weight excluding hydrogens is 451 g/mol. The number of thioether (sulfide) groups is 1. The van der Waals surface area contributed by atoms with Crippen molar-refractivity contribution in [2.75, 3.05) is 11.1 Å². The number of thiazole rings is 1. The molecule has 2 aromatic carbocycles. The Bertz CT molecular complexity index is 1270. The summed E-state index contributed by atoms with van der Waals surface area (Å²) >= 11 is 14.6. The van der Waals surface area contributed by atoms with Gasteiger partial charge in [-0.15, -0.1) is 11.3 Å². The number of benzene rings is 2. The van der Waals surface area contributed by atoms with Crippen molar-refractivity contribution in [2.24, 2.45) is 0 Å². The van der Waals surface area contributed by atoms with Crippen LogP contribution in [0.25, 0.3) is 22.2 Å². The summed E-state index contributed by atoms with van der Waals surface area (Å²) in [7, 11) is 0. The number of nitrogens with one attached hydrogen (secondary N) is 1. The molecule has 0 saturated carbocycles. The molecule has 0 radical (unpaired) electrons. The van der Waals surface area contributed by atoms with E-state index in [0.29, 0.717) is 36.9 Å². The molecule has 146 valence electrons. The molecule has 0 fully saturated rings. The van der Waals surface area contributed by atoms with Crippen LogP contribution in [0.2, 0.25) is 10.0 Å². The molecule has 2 aromatic heterocycles. The van der Waals surface area contributed by atoms with Gasteiger partial charge in [-0.3, -0.25) is 4.79 Å². The average Bonchev–Trinajstić information content (AvgIpc) is 3.17. The van der Waals surface area contributed by atoms with E-state index in [-0.39, 0.29) is 11.7 Å². The SMILES string of the molecule is O=C(CSc1nc(-c2cc3ccccc3oc2=O)cs1)Nc1ccc(Cl)cc1Cl. The molecular formula is C20H12Cl2N2O3S2. The van der Waals surface area contributed by atoms with Gasteiger partial charge in [0.2, 0.25) is 5.91 Å². The lowest BCUT2D eigenvalue weighted by Crippen LogP contribution is -2.14. The molecule has 4 rings (SSSR count). The van der Waals surface area contributed by atoms with Crippen LogP contribution in [0.15, 0.2) is 67.5 Å². The monoisotopic (exact) mass is 462 g/mol. The fourth-order valence-corrected chi connectivity index (χ4v) is 4.67. The van der Waals surface area contributed by atoms with E-state index in [1.54, 1.807) is 35.7 Å². The van der Waals surface area contributed by atoms with Crippen molar-refractivity contribution in [1.29, 1.82) is 0 Å². The second-order valence-corrected chi connectivity index (χ2v) is 8.87. The molecule has 4 aromatic rings. The van der Waals surface area contributed by atoms with Crippen LogP contribution in [0.4, 0.5) is 5.69 Å². The third-order valence-corrected chi connectivity index (χ3v) is 6.50. The molecule has 2 heterocycles. The molecule has 29 heavy (non-hydrogen) atoms. The van der Waals surface area contributed by atoms with Crippen molar-refractivity contribution in [3.05, 3.63) is 74.4 Å². The number of aromatic nitrogens is 1. The Balaban J connectivity index is 1.45. The molecule has 0 aliphatic heterocycles. The number of para-hydroxylation sites is 1. The number of fused-ring (bicyclic) bond motifs is 1. The molecule has 0 bridgehead atoms. The van der Waals surface area contributed by atoms with Gasteiger partial charge >= 0.3 is 5.63 Å². The van der Waals surface area contributed by atoms with Gasteiger partial charge in [-0.25, -0.2) is 9.78 Å². The number of halogens is 2. The Morgan fingerprint density at radius 3 is 2.83 bits per heavy atom. The van der Waals surface area contributed by atoms with E-state index in [9.17, 15) is 9.59 Å². The summed E-state index contributed by atoms with van der Waals surface area (Å²) in [4.78, 5) is 28.9. The summed E-state index contributed by atoms with van der Waals surface area (Å²) in [5.74, 6) is -0.0701. The van der Waals surface area contributed by atoms with Crippen LogP contribution in [0.1, 0.15) is 0 Å². The van der Waals surface area contributed by atoms with Gasteiger partial charge in [0.1, 0.15) is 5.58 Å². The highest BCUT2D eigenvalue weighted by Crippen LogP contribution is 2.29. The van der Waals surface area contributed by atoms with Gasteiger partial charge in [-0.05, 0) is 30.3 Å². The van der Waals surface area contributed by atoms with Gasteiger partial charge in [0, 0.05) is 15.8 Å². The minimum Gasteiger partial charge on any atom is -0.422 e. The van der Waals surface area contributed by atoms with E-state index < -0.39 is 5.63 Å². The summed E-state index contributed by atoms with van der Waals surface area (Å²) in [6.07, 6.45) is 0. The van der Waals surface area contributed by atoms with Crippen molar-refractivity contribution in [3.8, 4) is 11.3 Å². The maximum Gasteiger partial charge on any atom is 0.345 e. The number of nitrogens with zero attached hydrogens (tertiary/aromatic N) is 1. The molecule has 1 amide bonds. The highest BCUT2D eigenvalue weighted by atomic mass is 35.5. The molecule has 0 atom stereocenters. The van der Waals surface area contributed by atoms with Crippen molar-refractivity contribution in [1.82, 2.24) is 4.98 Å². The van der Waals surface area contributed by atoms with Gasteiger partial charge in [-0.1, -0.05) is 53.2 Å². The first kappa shape index (κ1) is 20.0. The summed E-state index contributed by atoms with van der Waals surface area (Å²) in [5, 5.41) is 6.20. The number of carbonyl (C=O) groups is 1. The number of rotatable bonds is 5. The molecule has 9 heteroatoms. The predicted molar refractivity (Wildman–Crippen MR) is 119 cm³/mol. The second-order valence-electron chi connectivity index (χ2n) is 5.95. The average molecular weight is 463 g/mol. The minimum absolute atomic E-state index is 0.151. The van der Waals surface area contributed by atoms with Crippen LogP contribution in [-0.2, 0) is 4.79 Å². The van der Waals surface area contributed by atoms with Gasteiger partial charge in [0.15, 0.2) is 4.34 Å². The maximum absolute atomic E-state index is 12.3. The minimum atomic E-state index is -0.444. The van der Waals surface area contributed by atoms with Crippen LogP contribution in [0.5, 0.6) is 0 Å². The van der Waals surface area contributed by atoms with E-state index in [1.807, 2.05) is 18.2 Å². The first-order chi connectivity index (χ1) is 14.0. The molecule has 0 spiro atoms. The zero-order chi connectivity index (χ0) is 20.4. The van der Waals surface area contributed by atoms with Crippen LogP contribution in [0, 0.1) is 0 Å². The van der Waals surface area contributed by atoms with Crippen molar-refractivity contribution in [3.63, 3.8) is 0 Å².